The Bertz CT molecular complexity index is 809. The molecule has 0 aliphatic carbocycles. The fourth-order valence-electron chi connectivity index (χ4n) is 1.94. The molecule has 0 atom stereocenters. The van der Waals surface area contributed by atoms with Crippen LogP contribution < -0.4 is 10.1 Å². The molecule has 2 aromatic rings. The fraction of sp³-hybridized carbons (Fsp3) is 0.111. The molecule has 0 unspecified atom stereocenters. The maximum absolute atomic E-state index is 12.1. The summed E-state index contributed by atoms with van der Waals surface area (Å²) in [4.78, 5) is 12.1. The molecule has 0 aromatic heterocycles. The predicted molar refractivity (Wildman–Crippen MR) is 94.9 cm³/mol. The zero-order valence-corrected chi connectivity index (χ0v) is 14.4. The van der Waals surface area contributed by atoms with E-state index in [4.69, 9.17) is 27.9 Å². The molecule has 0 aliphatic heterocycles. The van der Waals surface area contributed by atoms with Gasteiger partial charge >= 0.3 is 0 Å². The van der Waals surface area contributed by atoms with E-state index < -0.39 is 5.91 Å². The van der Waals surface area contributed by atoms with Gasteiger partial charge in [-0.3, -0.25) is 4.79 Å². The van der Waals surface area contributed by atoms with Crippen molar-refractivity contribution in [2.75, 3.05) is 7.11 Å². The third-order valence-corrected chi connectivity index (χ3v) is 3.97. The number of nitrogens with one attached hydrogen (secondary N) is 1. The summed E-state index contributed by atoms with van der Waals surface area (Å²) in [6, 6.07) is 14.1. The van der Waals surface area contributed by atoms with Crippen LogP contribution in [-0.4, -0.2) is 13.0 Å². The standard InChI is InChI=1S/C18H14Cl2N2O2/c1-24-15-5-2-12(3-6-15)11-22-18(23)14(10-21)8-13-4-7-16(19)17(20)9-13/h2-9H,11H2,1H3,(H,22,23)/b14-8-. The minimum atomic E-state index is -0.459. The number of carbonyl (C=O) groups excluding carboxylic acids is 1. The number of hydrogen-bond donors (Lipinski definition) is 1. The molecule has 2 aromatic carbocycles. The molecular formula is C18H14Cl2N2O2. The molecule has 0 aliphatic rings. The van der Waals surface area contributed by atoms with Crippen LogP contribution in [0.1, 0.15) is 11.1 Å². The van der Waals surface area contributed by atoms with Crippen LogP contribution in [0.5, 0.6) is 5.75 Å². The molecule has 0 bridgehead atoms. The second-order valence-electron chi connectivity index (χ2n) is 4.87. The summed E-state index contributed by atoms with van der Waals surface area (Å²) < 4.78 is 5.08. The monoisotopic (exact) mass is 360 g/mol. The number of nitriles is 1. The quantitative estimate of drug-likeness (QED) is 0.641. The Morgan fingerprint density at radius 1 is 1.21 bits per heavy atom. The van der Waals surface area contributed by atoms with Crippen LogP contribution >= 0.6 is 23.2 Å². The molecule has 0 spiro atoms. The Morgan fingerprint density at radius 2 is 1.92 bits per heavy atom. The van der Waals surface area contributed by atoms with Gasteiger partial charge in [0, 0.05) is 6.54 Å². The summed E-state index contributed by atoms with van der Waals surface area (Å²) in [5, 5.41) is 12.7. The highest BCUT2D eigenvalue weighted by Crippen LogP contribution is 2.23. The number of rotatable bonds is 5. The zero-order valence-electron chi connectivity index (χ0n) is 12.8. The van der Waals surface area contributed by atoms with E-state index in [1.807, 2.05) is 18.2 Å². The maximum Gasteiger partial charge on any atom is 0.262 e. The zero-order chi connectivity index (χ0) is 17.5. The SMILES string of the molecule is COc1ccc(CNC(=O)/C(C#N)=C\c2ccc(Cl)c(Cl)c2)cc1. The van der Waals surface area contributed by atoms with E-state index in [0.717, 1.165) is 11.3 Å². The second kappa shape index (κ2) is 8.39. The lowest BCUT2D eigenvalue weighted by Gasteiger charge is -2.06. The van der Waals surface area contributed by atoms with Crippen molar-refractivity contribution < 1.29 is 9.53 Å². The number of nitrogens with zero attached hydrogens (tertiary/aromatic N) is 1. The van der Waals surface area contributed by atoms with Gasteiger partial charge in [0.05, 0.1) is 17.2 Å². The Hall–Kier alpha value is -2.48. The summed E-state index contributed by atoms with van der Waals surface area (Å²) in [6.45, 7) is 0.309. The number of amides is 1. The molecule has 1 amide bonds. The molecule has 1 N–H and O–H groups in total. The lowest BCUT2D eigenvalue weighted by molar-refractivity contribution is -0.117. The number of halogens is 2. The Labute approximate surface area is 150 Å². The predicted octanol–water partition coefficient (Wildman–Crippen LogP) is 4.23. The summed E-state index contributed by atoms with van der Waals surface area (Å²) in [5.41, 5.74) is 1.51. The van der Waals surface area contributed by atoms with E-state index in [1.165, 1.54) is 6.08 Å². The van der Waals surface area contributed by atoms with Gasteiger partial charge in [-0.15, -0.1) is 0 Å². The maximum atomic E-state index is 12.1. The first-order chi connectivity index (χ1) is 11.5. The average molecular weight is 361 g/mol. The molecule has 2 rings (SSSR count). The van der Waals surface area contributed by atoms with Crippen molar-refractivity contribution in [3.05, 3.63) is 69.2 Å². The number of benzene rings is 2. The third-order valence-electron chi connectivity index (χ3n) is 3.23. The molecule has 24 heavy (non-hydrogen) atoms. The van der Waals surface area contributed by atoms with Crippen molar-refractivity contribution in [3.8, 4) is 11.8 Å². The van der Waals surface area contributed by atoms with Crippen LogP contribution in [0.25, 0.3) is 6.08 Å². The summed E-state index contributed by atoms with van der Waals surface area (Å²) in [5.74, 6) is 0.279. The van der Waals surface area contributed by atoms with Crippen LogP contribution in [0.2, 0.25) is 10.0 Å². The van der Waals surface area contributed by atoms with Crippen molar-refractivity contribution in [2.45, 2.75) is 6.54 Å². The highest BCUT2D eigenvalue weighted by atomic mass is 35.5. The van der Waals surface area contributed by atoms with Crippen LogP contribution in [0.4, 0.5) is 0 Å². The van der Waals surface area contributed by atoms with E-state index in [1.54, 1.807) is 37.4 Å². The minimum Gasteiger partial charge on any atom is -0.497 e. The normalized spacial score (nSPS) is 10.8. The third kappa shape index (κ3) is 4.76. The van der Waals surface area contributed by atoms with Crippen LogP contribution in [0.15, 0.2) is 48.0 Å². The van der Waals surface area contributed by atoms with E-state index in [2.05, 4.69) is 5.32 Å². The van der Waals surface area contributed by atoms with Crippen LogP contribution in [0, 0.1) is 11.3 Å². The molecule has 0 saturated carbocycles. The van der Waals surface area contributed by atoms with Gasteiger partial charge in [0.1, 0.15) is 17.4 Å². The molecule has 6 heteroatoms. The van der Waals surface area contributed by atoms with Gasteiger partial charge in [-0.25, -0.2) is 0 Å². The van der Waals surface area contributed by atoms with Crippen molar-refractivity contribution in [2.24, 2.45) is 0 Å². The van der Waals surface area contributed by atoms with Gasteiger partial charge in [-0.1, -0.05) is 41.4 Å². The van der Waals surface area contributed by atoms with E-state index in [0.29, 0.717) is 22.2 Å². The Morgan fingerprint density at radius 3 is 2.50 bits per heavy atom. The van der Waals surface area contributed by atoms with Gasteiger partial charge < -0.3 is 10.1 Å². The van der Waals surface area contributed by atoms with Gasteiger partial charge in [0.2, 0.25) is 0 Å². The smallest absolute Gasteiger partial charge is 0.262 e. The molecule has 4 nitrogen and oxygen atoms in total. The number of methoxy groups -OCH3 is 1. The molecule has 0 radical (unpaired) electrons. The highest BCUT2D eigenvalue weighted by molar-refractivity contribution is 6.42. The summed E-state index contributed by atoms with van der Waals surface area (Å²) >= 11 is 11.8. The Kier molecular flexibility index (Phi) is 6.25. The second-order valence-corrected chi connectivity index (χ2v) is 5.69. The molecule has 0 saturated heterocycles. The molecule has 122 valence electrons. The number of carbonyl (C=O) groups is 1. The average Bonchev–Trinajstić information content (AvgIpc) is 2.61. The van der Waals surface area contributed by atoms with Gasteiger partial charge in [-0.2, -0.15) is 5.26 Å². The lowest BCUT2D eigenvalue weighted by atomic mass is 10.1. The minimum absolute atomic E-state index is 0.0121. The Balaban J connectivity index is 2.06. The first-order valence-electron chi connectivity index (χ1n) is 7.01. The lowest BCUT2D eigenvalue weighted by Crippen LogP contribution is -2.23. The number of ether oxygens (including phenoxy) is 1. The van der Waals surface area contributed by atoms with E-state index >= 15 is 0 Å². The number of hydrogen-bond acceptors (Lipinski definition) is 3. The molecular weight excluding hydrogens is 347 g/mol. The van der Waals surface area contributed by atoms with E-state index in [9.17, 15) is 10.1 Å². The summed E-state index contributed by atoms with van der Waals surface area (Å²) in [6.07, 6.45) is 1.46. The van der Waals surface area contributed by atoms with Crippen LogP contribution in [-0.2, 0) is 11.3 Å². The van der Waals surface area contributed by atoms with Crippen molar-refractivity contribution in [1.29, 1.82) is 5.26 Å². The van der Waals surface area contributed by atoms with E-state index in [-0.39, 0.29) is 5.57 Å². The van der Waals surface area contributed by atoms with Crippen molar-refractivity contribution in [3.63, 3.8) is 0 Å². The largest absolute Gasteiger partial charge is 0.497 e. The fourth-order valence-corrected chi connectivity index (χ4v) is 2.24. The van der Waals surface area contributed by atoms with Crippen LogP contribution in [0.3, 0.4) is 0 Å². The topological polar surface area (TPSA) is 62.1 Å². The molecule has 0 fully saturated rings. The summed E-state index contributed by atoms with van der Waals surface area (Å²) in [7, 11) is 1.59. The molecule has 0 heterocycles. The first kappa shape index (κ1) is 17.9. The van der Waals surface area contributed by atoms with Crippen molar-refractivity contribution >= 4 is 35.2 Å². The van der Waals surface area contributed by atoms with Crippen molar-refractivity contribution in [1.82, 2.24) is 5.32 Å². The van der Waals surface area contributed by atoms with Gasteiger partial charge in [0.15, 0.2) is 0 Å². The van der Waals surface area contributed by atoms with Gasteiger partial charge in [0.25, 0.3) is 5.91 Å². The van der Waals surface area contributed by atoms with Gasteiger partial charge in [-0.05, 0) is 41.5 Å². The highest BCUT2D eigenvalue weighted by Gasteiger charge is 2.09. The first-order valence-corrected chi connectivity index (χ1v) is 7.77.